The minimum absolute atomic E-state index is 0.0247. The van der Waals surface area contributed by atoms with Crippen LogP contribution < -0.4 is 0 Å². The summed E-state index contributed by atoms with van der Waals surface area (Å²) in [6.45, 7) is 6.45. The van der Waals surface area contributed by atoms with Gasteiger partial charge in [0.15, 0.2) is 5.79 Å². The topological polar surface area (TPSA) is 38.7 Å². The van der Waals surface area contributed by atoms with E-state index in [-0.39, 0.29) is 11.2 Å². The summed E-state index contributed by atoms with van der Waals surface area (Å²) in [5.41, 5.74) is -0.382. The highest BCUT2D eigenvalue weighted by Crippen LogP contribution is 2.69. The molecule has 1 N–H and O–H groups in total. The van der Waals surface area contributed by atoms with Crippen molar-refractivity contribution in [3.8, 4) is 9.85 Å². The van der Waals surface area contributed by atoms with E-state index in [0.29, 0.717) is 11.3 Å². The number of halogens is 1. The van der Waals surface area contributed by atoms with Crippen LogP contribution in [-0.4, -0.2) is 29.7 Å². The number of ether oxygens (including phenoxy) is 2. The highest BCUT2D eigenvalue weighted by Gasteiger charge is 2.65. The fourth-order valence-corrected chi connectivity index (χ4v) is 8.70. The van der Waals surface area contributed by atoms with E-state index in [2.05, 4.69) is 46.3 Å². The first-order valence-corrected chi connectivity index (χ1v) is 12.1. The Labute approximate surface area is 177 Å². The zero-order valence-electron chi connectivity index (χ0n) is 16.7. The van der Waals surface area contributed by atoms with Gasteiger partial charge in [-0.25, -0.2) is 0 Å². The zero-order chi connectivity index (χ0) is 18.9. The van der Waals surface area contributed by atoms with Gasteiger partial charge < -0.3 is 14.6 Å². The molecule has 0 bridgehead atoms. The maximum atomic E-state index is 11.4. The SMILES string of the molecule is C[C@]12CCC3(C[C@@H]1CC[C@@H]1[C@@H]2CC[C@@]2(C)[C@H]1CC[C@@]2(O)C#CI)OCCO3. The van der Waals surface area contributed by atoms with Gasteiger partial charge in [0.25, 0.3) is 0 Å². The third-order valence-electron chi connectivity index (χ3n) is 9.89. The number of hydrogen-bond donors (Lipinski definition) is 1. The Morgan fingerprint density at radius 3 is 2.41 bits per heavy atom. The predicted molar refractivity (Wildman–Crippen MR) is 113 cm³/mol. The average Bonchev–Trinajstić information content (AvgIpc) is 3.19. The average molecular weight is 484 g/mol. The van der Waals surface area contributed by atoms with Crippen molar-refractivity contribution in [2.24, 2.45) is 34.5 Å². The summed E-state index contributed by atoms with van der Waals surface area (Å²) in [6, 6.07) is 0. The fraction of sp³-hybridized carbons (Fsp3) is 0.913. The number of fused-ring (bicyclic) bond motifs is 5. The molecule has 27 heavy (non-hydrogen) atoms. The van der Waals surface area contributed by atoms with E-state index >= 15 is 0 Å². The van der Waals surface area contributed by atoms with Crippen molar-refractivity contribution in [3.05, 3.63) is 0 Å². The van der Waals surface area contributed by atoms with Crippen LogP contribution in [0.15, 0.2) is 0 Å². The predicted octanol–water partition coefficient (Wildman–Crippen LogP) is 4.90. The molecule has 1 aliphatic heterocycles. The molecule has 0 aromatic heterocycles. The molecular formula is C23H33IO3. The van der Waals surface area contributed by atoms with E-state index < -0.39 is 5.60 Å². The van der Waals surface area contributed by atoms with E-state index in [1.807, 2.05) is 0 Å². The maximum Gasteiger partial charge on any atom is 0.168 e. The number of aliphatic hydroxyl groups is 1. The first-order valence-electron chi connectivity index (χ1n) is 11.0. The van der Waals surface area contributed by atoms with Crippen molar-refractivity contribution in [3.63, 3.8) is 0 Å². The third-order valence-corrected chi connectivity index (χ3v) is 10.2. The minimum atomic E-state index is -0.774. The molecule has 0 aromatic rings. The van der Waals surface area contributed by atoms with E-state index in [1.165, 1.54) is 25.7 Å². The molecule has 3 nitrogen and oxygen atoms in total. The van der Waals surface area contributed by atoms with Crippen LogP contribution in [0.4, 0.5) is 0 Å². The van der Waals surface area contributed by atoms with Gasteiger partial charge in [0.2, 0.25) is 0 Å². The lowest BCUT2D eigenvalue weighted by molar-refractivity contribution is -0.231. The van der Waals surface area contributed by atoms with Gasteiger partial charge in [-0.1, -0.05) is 19.8 Å². The molecule has 4 aliphatic carbocycles. The molecule has 5 fully saturated rings. The second kappa shape index (κ2) is 6.33. The monoisotopic (exact) mass is 484 g/mol. The zero-order valence-corrected chi connectivity index (χ0v) is 18.9. The summed E-state index contributed by atoms with van der Waals surface area (Å²) in [7, 11) is 0. The van der Waals surface area contributed by atoms with Crippen molar-refractivity contribution >= 4 is 22.6 Å². The van der Waals surface area contributed by atoms with Gasteiger partial charge in [-0.3, -0.25) is 0 Å². The molecule has 1 saturated heterocycles. The van der Waals surface area contributed by atoms with Gasteiger partial charge in [-0.2, -0.15) is 0 Å². The van der Waals surface area contributed by atoms with Gasteiger partial charge in [-0.05, 0) is 78.0 Å². The fourth-order valence-electron chi connectivity index (χ4n) is 8.26. The van der Waals surface area contributed by atoms with E-state index in [4.69, 9.17) is 9.47 Å². The Balaban J connectivity index is 1.41. The highest BCUT2D eigenvalue weighted by molar-refractivity contribution is 14.1. The number of hydrogen-bond acceptors (Lipinski definition) is 3. The molecule has 4 heteroatoms. The minimum Gasteiger partial charge on any atom is -0.377 e. The van der Waals surface area contributed by atoms with Crippen LogP contribution >= 0.6 is 22.6 Å². The second-order valence-corrected chi connectivity index (χ2v) is 11.1. The molecule has 7 atom stereocenters. The quantitative estimate of drug-likeness (QED) is 0.393. The Kier molecular flexibility index (Phi) is 4.49. The summed E-state index contributed by atoms with van der Waals surface area (Å²) in [4.78, 5) is 0. The Morgan fingerprint density at radius 1 is 0.926 bits per heavy atom. The van der Waals surface area contributed by atoms with Crippen molar-refractivity contribution in [1.29, 1.82) is 0 Å². The summed E-state index contributed by atoms with van der Waals surface area (Å²) >= 11 is 2.09. The standard InChI is InChI=1S/C23H33IO3/c1-20-9-10-23(26-13-14-27-23)15-16(20)3-4-17-18(20)5-7-21(2)19(17)6-8-22(21,25)11-12-24/h16-19,25H,3-10,13-15H2,1-2H3/t16-,17+,18-,19-,20-,21-,22+/m0/s1. The van der Waals surface area contributed by atoms with Gasteiger partial charge >= 0.3 is 0 Å². The van der Waals surface area contributed by atoms with Gasteiger partial charge in [-0.15, -0.1) is 0 Å². The lowest BCUT2D eigenvalue weighted by Crippen LogP contribution is -2.58. The van der Waals surface area contributed by atoms with Crippen molar-refractivity contribution in [2.45, 2.75) is 83.0 Å². The molecule has 1 spiro atoms. The molecule has 0 amide bonds. The largest absolute Gasteiger partial charge is 0.377 e. The van der Waals surface area contributed by atoms with Crippen LogP contribution in [-0.2, 0) is 9.47 Å². The molecule has 5 aliphatic rings. The number of rotatable bonds is 0. The smallest absolute Gasteiger partial charge is 0.168 e. The van der Waals surface area contributed by atoms with Crippen LogP contribution in [0.5, 0.6) is 0 Å². The van der Waals surface area contributed by atoms with Gasteiger partial charge in [0.1, 0.15) is 5.60 Å². The van der Waals surface area contributed by atoms with Crippen molar-refractivity contribution in [1.82, 2.24) is 0 Å². The Morgan fingerprint density at radius 2 is 1.67 bits per heavy atom. The Bertz CT molecular complexity index is 677. The summed E-state index contributed by atoms with van der Waals surface area (Å²) < 4.78 is 15.2. The lowest BCUT2D eigenvalue weighted by Gasteiger charge is -2.62. The molecule has 150 valence electrons. The maximum absolute atomic E-state index is 11.4. The van der Waals surface area contributed by atoms with Crippen molar-refractivity contribution in [2.75, 3.05) is 13.2 Å². The van der Waals surface area contributed by atoms with Crippen LogP contribution in [0, 0.1) is 44.3 Å². The van der Waals surface area contributed by atoms with Crippen LogP contribution in [0.25, 0.3) is 0 Å². The van der Waals surface area contributed by atoms with Crippen molar-refractivity contribution < 1.29 is 14.6 Å². The molecule has 1 heterocycles. The van der Waals surface area contributed by atoms with E-state index in [1.54, 1.807) is 0 Å². The molecule has 0 unspecified atom stereocenters. The highest BCUT2D eigenvalue weighted by atomic mass is 127. The first-order chi connectivity index (χ1) is 12.9. The molecular weight excluding hydrogens is 451 g/mol. The molecule has 5 rings (SSSR count). The van der Waals surface area contributed by atoms with Crippen LogP contribution in [0.3, 0.4) is 0 Å². The summed E-state index contributed by atoms with van der Waals surface area (Å²) in [6.07, 6.45) is 10.4. The van der Waals surface area contributed by atoms with Crippen LogP contribution in [0.1, 0.15) is 71.6 Å². The van der Waals surface area contributed by atoms with Crippen LogP contribution in [0.2, 0.25) is 0 Å². The Hall–Kier alpha value is 0.170. The molecule has 4 saturated carbocycles. The lowest BCUT2D eigenvalue weighted by atomic mass is 9.44. The normalized spacial score (nSPS) is 53.2. The first kappa shape index (κ1) is 19.2. The second-order valence-electron chi connectivity index (χ2n) is 10.5. The third kappa shape index (κ3) is 2.57. The summed E-state index contributed by atoms with van der Waals surface area (Å²) in [5.74, 6) is 5.86. The van der Waals surface area contributed by atoms with Gasteiger partial charge in [0, 0.05) is 40.8 Å². The van der Waals surface area contributed by atoms with E-state index in [9.17, 15) is 5.11 Å². The molecule has 0 radical (unpaired) electrons. The summed E-state index contributed by atoms with van der Waals surface area (Å²) in [5, 5.41) is 11.4. The van der Waals surface area contributed by atoms with E-state index in [0.717, 1.165) is 63.1 Å². The van der Waals surface area contributed by atoms with Gasteiger partial charge in [0.05, 0.1) is 13.2 Å². The molecule has 0 aromatic carbocycles.